The molecule has 0 unspecified atom stereocenters. The fourth-order valence-corrected chi connectivity index (χ4v) is 2.37. The Morgan fingerprint density at radius 3 is 2.65 bits per heavy atom. The fraction of sp³-hybridized carbons (Fsp3) is 0.538. The molecule has 1 aromatic carbocycles. The minimum absolute atomic E-state index is 0.0886. The number of anilines is 1. The highest BCUT2D eigenvalue weighted by Crippen LogP contribution is 2.28. The lowest BCUT2D eigenvalue weighted by molar-refractivity contribution is -0.384. The van der Waals surface area contributed by atoms with Gasteiger partial charge in [0.15, 0.2) is 0 Å². The Hall–Kier alpha value is -0.960. The summed E-state index contributed by atoms with van der Waals surface area (Å²) in [4.78, 5) is 12.7. The van der Waals surface area contributed by atoms with E-state index in [0.29, 0.717) is 6.54 Å². The Labute approximate surface area is 131 Å². The Bertz CT molecular complexity index is 471. The van der Waals surface area contributed by atoms with Crippen molar-refractivity contribution in [3.05, 3.63) is 31.6 Å². The Balaban J connectivity index is 2.72. The van der Waals surface area contributed by atoms with E-state index in [1.165, 1.54) is 12.1 Å². The summed E-state index contributed by atoms with van der Waals surface area (Å²) in [7, 11) is 0. The first-order valence-electron chi connectivity index (χ1n) is 6.59. The molecule has 0 aromatic heterocycles. The van der Waals surface area contributed by atoms with Gasteiger partial charge in [-0.25, -0.2) is 4.39 Å². The minimum atomic E-state index is -0.492. The molecule has 1 aromatic rings. The molecular weight excluding hydrogens is 376 g/mol. The third kappa shape index (κ3) is 4.86. The van der Waals surface area contributed by atoms with E-state index < -0.39 is 10.7 Å². The van der Waals surface area contributed by atoms with Crippen molar-refractivity contribution in [1.29, 1.82) is 0 Å². The lowest BCUT2D eigenvalue weighted by Crippen LogP contribution is -2.29. The molecule has 0 fully saturated rings. The second kappa shape index (κ2) is 8.35. The van der Waals surface area contributed by atoms with E-state index in [9.17, 15) is 14.5 Å². The van der Waals surface area contributed by atoms with Gasteiger partial charge in [-0.05, 0) is 42.1 Å². The summed E-state index contributed by atoms with van der Waals surface area (Å²) in [5.74, 6) is -0.445. The first-order chi connectivity index (χ1) is 9.49. The minimum Gasteiger partial charge on any atom is -0.378 e. The first-order valence-corrected chi connectivity index (χ1v) is 7.67. The normalized spacial score (nSPS) is 10.8. The predicted octanol–water partition coefficient (Wildman–Crippen LogP) is 3.48. The molecule has 0 atom stereocenters. The Morgan fingerprint density at radius 1 is 1.40 bits per heavy atom. The third-order valence-corrected chi connectivity index (χ3v) is 3.79. The maximum Gasteiger partial charge on any atom is 0.293 e. The topological polar surface area (TPSA) is 58.4 Å². The summed E-state index contributed by atoms with van der Waals surface area (Å²) in [6.07, 6.45) is 1.06. The van der Waals surface area contributed by atoms with Crippen LogP contribution in [-0.2, 0) is 0 Å². The largest absolute Gasteiger partial charge is 0.378 e. The average Bonchev–Trinajstić information content (AvgIpc) is 2.41. The standard InChI is InChI=1S/C13H19FIN3O2/c1-3-6-17(4-2)7-5-16-12-8-10(14)11(15)9-13(12)18(19)20/h8-9,16H,3-7H2,1-2H3. The SMILES string of the molecule is CCCN(CC)CCNc1cc(F)c(I)cc1[N+](=O)[O-]. The average molecular weight is 395 g/mol. The zero-order valence-electron chi connectivity index (χ0n) is 11.7. The van der Waals surface area contributed by atoms with Crippen LogP contribution in [0, 0.1) is 19.5 Å². The van der Waals surface area contributed by atoms with Crippen molar-refractivity contribution in [1.82, 2.24) is 4.90 Å². The van der Waals surface area contributed by atoms with Gasteiger partial charge in [0, 0.05) is 25.2 Å². The molecule has 7 heteroatoms. The van der Waals surface area contributed by atoms with Gasteiger partial charge in [-0.1, -0.05) is 13.8 Å². The molecule has 0 saturated carbocycles. The summed E-state index contributed by atoms with van der Waals surface area (Å²) in [5, 5.41) is 13.9. The van der Waals surface area contributed by atoms with Gasteiger partial charge >= 0.3 is 0 Å². The van der Waals surface area contributed by atoms with Crippen molar-refractivity contribution in [2.45, 2.75) is 20.3 Å². The first kappa shape index (κ1) is 17.1. The Kier molecular flexibility index (Phi) is 7.14. The van der Waals surface area contributed by atoms with Gasteiger partial charge in [0.25, 0.3) is 5.69 Å². The summed E-state index contributed by atoms with van der Waals surface area (Å²) in [5.41, 5.74) is 0.148. The fourth-order valence-electron chi connectivity index (χ4n) is 1.92. The zero-order chi connectivity index (χ0) is 15.1. The summed E-state index contributed by atoms with van der Waals surface area (Å²) in [6.45, 7) is 7.42. The summed E-state index contributed by atoms with van der Waals surface area (Å²) < 4.78 is 13.8. The quantitative estimate of drug-likeness (QED) is 0.416. The lowest BCUT2D eigenvalue weighted by atomic mass is 10.2. The highest BCUT2D eigenvalue weighted by molar-refractivity contribution is 14.1. The van der Waals surface area contributed by atoms with E-state index in [0.717, 1.165) is 26.1 Å². The molecular formula is C13H19FIN3O2. The second-order valence-corrected chi connectivity index (χ2v) is 5.56. The van der Waals surface area contributed by atoms with Gasteiger partial charge in [0.1, 0.15) is 11.5 Å². The van der Waals surface area contributed by atoms with Crippen LogP contribution in [0.4, 0.5) is 15.8 Å². The number of nitrogens with zero attached hydrogens (tertiary/aromatic N) is 2. The van der Waals surface area contributed by atoms with Crippen LogP contribution >= 0.6 is 22.6 Å². The van der Waals surface area contributed by atoms with Crippen molar-refractivity contribution in [3.8, 4) is 0 Å². The van der Waals surface area contributed by atoms with Gasteiger partial charge < -0.3 is 10.2 Å². The molecule has 1 rings (SSSR count). The second-order valence-electron chi connectivity index (χ2n) is 4.40. The van der Waals surface area contributed by atoms with Crippen LogP contribution in [0.5, 0.6) is 0 Å². The molecule has 0 radical (unpaired) electrons. The van der Waals surface area contributed by atoms with Crippen molar-refractivity contribution in [2.24, 2.45) is 0 Å². The van der Waals surface area contributed by atoms with Gasteiger partial charge in [0.2, 0.25) is 0 Å². The number of benzene rings is 1. The summed E-state index contributed by atoms with van der Waals surface area (Å²) in [6, 6.07) is 2.44. The summed E-state index contributed by atoms with van der Waals surface area (Å²) >= 11 is 1.75. The molecule has 0 bridgehead atoms. The molecule has 112 valence electrons. The monoisotopic (exact) mass is 395 g/mol. The van der Waals surface area contributed by atoms with Crippen LogP contribution in [0.15, 0.2) is 12.1 Å². The van der Waals surface area contributed by atoms with Crippen molar-refractivity contribution in [3.63, 3.8) is 0 Å². The predicted molar refractivity (Wildman–Crippen MR) is 86.7 cm³/mol. The van der Waals surface area contributed by atoms with E-state index in [1.807, 2.05) is 0 Å². The van der Waals surface area contributed by atoms with Crippen molar-refractivity contribution in [2.75, 3.05) is 31.5 Å². The molecule has 0 heterocycles. The van der Waals surface area contributed by atoms with E-state index in [-0.39, 0.29) is 14.9 Å². The number of nitrogens with one attached hydrogen (secondary N) is 1. The van der Waals surface area contributed by atoms with Crippen LogP contribution in [0.1, 0.15) is 20.3 Å². The van der Waals surface area contributed by atoms with Crippen molar-refractivity contribution >= 4 is 34.0 Å². The molecule has 5 nitrogen and oxygen atoms in total. The van der Waals surface area contributed by atoms with Crippen LogP contribution < -0.4 is 5.32 Å². The van der Waals surface area contributed by atoms with Gasteiger partial charge in [-0.3, -0.25) is 10.1 Å². The highest BCUT2D eigenvalue weighted by Gasteiger charge is 2.17. The van der Waals surface area contributed by atoms with Gasteiger partial charge in [0.05, 0.1) is 8.49 Å². The molecule has 0 saturated heterocycles. The van der Waals surface area contributed by atoms with Gasteiger partial charge in [-0.15, -0.1) is 0 Å². The maximum absolute atomic E-state index is 13.5. The maximum atomic E-state index is 13.5. The van der Waals surface area contributed by atoms with Crippen LogP contribution in [0.2, 0.25) is 0 Å². The third-order valence-electron chi connectivity index (χ3n) is 2.97. The molecule has 0 aliphatic rings. The number of likely N-dealkylation sites (N-methyl/N-ethyl adjacent to an activating group) is 1. The molecule has 0 aliphatic heterocycles. The van der Waals surface area contributed by atoms with E-state index >= 15 is 0 Å². The lowest BCUT2D eigenvalue weighted by Gasteiger charge is -2.19. The molecule has 20 heavy (non-hydrogen) atoms. The number of halogens is 2. The molecule has 0 amide bonds. The number of nitro benzene ring substituents is 1. The number of rotatable bonds is 8. The van der Waals surface area contributed by atoms with E-state index in [1.54, 1.807) is 22.6 Å². The van der Waals surface area contributed by atoms with Crippen LogP contribution in [-0.4, -0.2) is 36.0 Å². The van der Waals surface area contributed by atoms with Crippen molar-refractivity contribution < 1.29 is 9.31 Å². The Morgan fingerprint density at radius 2 is 2.10 bits per heavy atom. The highest BCUT2D eigenvalue weighted by atomic mass is 127. The number of nitro groups is 1. The number of hydrogen-bond donors (Lipinski definition) is 1. The van der Waals surface area contributed by atoms with E-state index in [2.05, 4.69) is 24.1 Å². The zero-order valence-corrected chi connectivity index (χ0v) is 13.8. The smallest absolute Gasteiger partial charge is 0.293 e. The van der Waals surface area contributed by atoms with Gasteiger partial charge in [-0.2, -0.15) is 0 Å². The number of hydrogen-bond acceptors (Lipinski definition) is 4. The van der Waals surface area contributed by atoms with E-state index in [4.69, 9.17) is 0 Å². The molecule has 0 spiro atoms. The van der Waals surface area contributed by atoms with Crippen LogP contribution in [0.25, 0.3) is 0 Å². The molecule has 0 aliphatic carbocycles. The van der Waals surface area contributed by atoms with Crippen LogP contribution in [0.3, 0.4) is 0 Å². The molecule has 1 N–H and O–H groups in total.